The van der Waals surface area contributed by atoms with Gasteiger partial charge in [-0.2, -0.15) is 11.8 Å². The lowest BCUT2D eigenvalue weighted by atomic mass is 10.1. The van der Waals surface area contributed by atoms with Crippen LogP contribution in [0.1, 0.15) is 5.56 Å². The van der Waals surface area contributed by atoms with E-state index in [4.69, 9.17) is 0 Å². The number of hydrogen-bond donors (Lipinski definition) is 1. The van der Waals surface area contributed by atoms with Crippen LogP contribution in [-0.4, -0.2) is 51.6 Å². The molecule has 0 aliphatic carbocycles. The van der Waals surface area contributed by atoms with Crippen molar-refractivity contribution in [2.45, 2.75) is 13.1 Å². The van der Waals surface area contributed by atoms with Crippen molar-refractivity contribution >= 4 is 29.4 Å². The SMILES string of the molecule is O=C(Nc1ccccc1CN1CCSCC1)N1CCn2ccnc21. The Balaban J connectivity index is 1.47. The maximum atomic E-state index is 12.7. The molecule has 2 aliphatic rings. The highest BCUT2D eigenvalue weighted by atomic mass is 32.2. The molecular weight excluding hydrogens is 322 g/mol. The number of hydrogen-bond acceptors (Lipinski definition) is 4. The number of rotatable bonds is 3. The minimum Gasteiger partial charge on any atom is -0.315 e. The lowest BCUT2D eigenvalue weighted by Crippen LogP contribution is -2.35. The summed E-state index contributed by atoms with van der Waals surface area (Å²) in [5.74, 6) is 3.09. The zero-order valence-corrected chi connectivity index (χ0v) is 14.3. The second-order valence-electron chi connectivity index (χ2n) is 6.05. The van der Waals surface area contributed by atoms with E-state index in [0.29, 0.717) is 6.54 Å². The van der Waals surface area contributed by atoms with Gasteiger partial charge in [0.1, 0.15) is 0 Å². The number of imidazole rings is 1. The molecule has 0 saturated carbocycles. The van der Waals surface area contributed by atoms with Crippen LogP contribution in [0.4, 0.5) is 16.4 Å². The third-order valence-corrected chi connectivity index (χ3v) is 5.44. The third-order valence-electron chi connectivity index (χ3n) is 4.50. The van der Waals surface area contributed by atoms with Crippen molar-refractivity contribution in [2.75, 3.05) is 41.4 Å². The van der Waals surface area contributed by atoms with Crippen LogP contribution in [0.2, 0.25) is 0 Å². The second-order valence-corrected chi connectivity index (χ2v) is 7.27. The number of aromatic nitrogens is 2. The van der Waals surface area contributed by atoms with Crippen molar-refractivity contribution < 1.29 is 4.79 Å². The van der Waals surface area contributed by atoms with Crippen molar-refractivity contribution in [1.29, 1.82) is 0 Å². The molecule has 0 unspecified atom stereocenters. The van der Waals surface area contributed by atoms with Gasteiger partial charge in [-0.25, -0.2) is 9.78 Å². The van der Waals surface area contributed by atoms with Gasteiger partial charge in [-0.05, 0) is 11.6 Å². The fourth-order valence-corrected chi connectivity index (χ4v) is 4.16. The van der Waals surface area contributed by atoms with Crippen LogP contribution in [0.25, 0.3) is 0 Å². The van der Waals surface area contributed by atoms with Crippen LogP contribution >= 0.6 is 11.8 Å². The van der Waals surface area contributed by atoms with E-state index in [1.165, 1.54) is 17.1 Å². The molecule has 7 heteroatoms. The van der Waals surface area contributed by atoms with Crippen LogP contribution in [0.15, 0.2) is 36.7 Å². The Hall–Kier alpha value is -1.99. The predicted molar refractivity (Wildman–Crippen MR) is 97.6 cm³/mol. The van der Waals surface area contributed by atoms with Gasteiger partial charge < -0.3 is 9.88 Å². The number of benzene rings is 1. The van der Waals surface area contributed by atoms with Crippen molar-refractivity contribution in [1.82, 2.24) is 14.5 Å². The van der Waals surface area contributed by atoms with Crippen LogP contribution in [0.5, 0.6) is 0 Å². The molecule has 1 aromatic carbocycles. The molecule has 2 aliphatic heterocycles. The van der Waals surface area contributed by atoms with Gasteiger partial charge in [0.15, 0.2) is 0 Å². The highest BCUT2D eigenvalue weighted by Gasteiger charge is 2.26. The number of para-hydroxylation sites is 1. The lowest BCUT2D eigenvalue weighted by Gasteiger charge is -2.27. The van der Waals surface area contributed by atoms with Crippen LogP contribution in [0.3, 0.4) is 0 Å². The Morgan fingerprint density at radius 2 is 2.00 bits per heavy atom. The number of amides is 2. The van der Waals surface area contributed by atoms with Crippen molar-refractivity contribution in [2.24, 2.45) is 0 Å². The van der Waals surface area contributed by atoms with Crippen LogP contribution < -0.4 is 10.2 Å². The molecule has 126 valence electrons. The summed E-state index contributed by atoms with van der Waals surface area (Å²) in [6.07, 6.45) is 3.64. The molecule has 0 bridgehead atoms. The second kappa shape index (κ2) is 6.86. The number of carbonyl (C=O) groups excluding carboxylic acids is 1. The Bertz CT molecular complexity index is 725. The van der Waals surface area contributed by atoms with Gasteiger partial charge in [0.25, 0.3) is 0 Å². The zero-order valence-electron chi connectivity index (χ0n) is 13.5. The summed E-state index contributed by atoms with van der Waals surface area (Å²) in [5.41, 5.74) is 2.06. The Morgan fingerprint density at radius 1 is 1.17 bits per heavy atom. The van der Waals surface area contributed by atoms with Crippen molar-refractivity contribution in [3.63, 3.8) is 0 Å². The molecule has 4 rings (SSSR count). The zero-order chi connectivity index (χ0) is 16.4. The standard InChI is InChI=1S/C17H21N5OS/c23-17(22-8-7-21-6-5-18-16(21)22)19-15-4-2-1-3-14(15)13-20-9-11-24-12-10-20/h1-6H,7-13H2,(H,19,23). The fraction of sp³-hybridized carbons (Fsp3) is 0.412. The predicted octanol–water partition coefficient (Wildman–Crippen LogP) is 2.48. The van der Waals surface area contributed by atoms with E-state index in [1.807, 2.05) is 40.7 Å². The van der Waals surface area contributed by atoms with Crippen molar-refractivity contribution in [3.05, 3.63) is 42.2 Å². The smallest absolute Gasteiger partial charge is 0.315 e. The molecule has 3 heterocycles. The molecule has 0 spiro atoms. The van der Waals surface area contributed by atoms with Gasteiger partial charge >= 0.3 is 6.03 Å². The van der Waals surface area contributed by atoms with E-state index < -0.39 is 0 Å². The average molecular weight is 343 g/mol. The minimum atomic E-state index is -0.110. The topological polar surface area (TPSA) is 53.4 Å². The number of carbonyl (C=O) groups is 1. The molecule has 0 radical (unpaired) electrons. The third kappa shape index (κ3) is 3.14. The van der Waals surface area contributed by atoms with Crippen LogP contribution in [-0.2, 0) is 13.1 Å². The molecule has 1 aromatic heterocycles. The minimum absolute atomic E-state index is 0.110. The van der Waals surface area contributed by atoms with Crippen LogP contribution in [0, 0.1) is 0 Å². The summed E-state index contributed by atoms with van der Waals surface area (Å²) in [4.78, 5) is 21.1. The molecule has 1 saturated heterocycles. The highest BCUT2D eigenvalue weighted by Crippen LogP contribution is 2.23. The number of urea groups is 1. The Kier molecular flexibility index (Phi) is 4.44. The number of fused-ring (bicyclic) bond motifs is 1. The quantitative estimate of drug-likeness (QED) is 0.930. The summed E-state index contributed by atoms with van der Waals surface area (Å²) in [7, 11) is 0. The summed E-state index contributed by atoms with van der Waals surface area (Å²) < 4.78 is 2.00. The average Bonchev–Trinajstić information content (AvgIpc) is 3.21. The van der Waals surface area contributed by atoms with Gasteiger partial charge in [0, 0.05) is 62.3 Å². The number of nitrogens with one attached hydrogen (secondary N) is 1. The first-order valence-electron chi connectivity index (χ1n) is 8.29. The highest BCUT2D eigenvalue weighted by molar-refractivity contribution is 7.99. The largest absolute Gasteiger partial charge is 0.328 e. The maximum Gasteiger partial charge on any atom is 0.328 e. The first kappa shape index (κ1) is 15.5. The first-order chi connectivity index (χ1) is 11.8. The van der Waals surface area contributed by atoms with E-state index in [0.717, 1.165) is 37.8 Å². The van der Waals surface area contributed by atoms with E-state index in [-0.39, 0.29) is 6.03 Å². The molecule has 2 aromatic rings. The lowest BCUT2D eigenvalue weighted by molar-refractivity contribution is 0.257. The van der Waals surface area contributed by atoms with Gasteiger partial charge in [0.05, 0.1) is 0 Å². The number of nitrogens with zero attached hydrogens (tertiary/aromatic N) is 4. The summed E-state index contributed by atoms with van der Waals surface area (Å²) in [5, 5.41) is 3.07. The summed E-state index contributed by atoms with van der Waals surface area (Å²) >= 11 is 2.01. The van der Waals surface area contributed by atoms with Gasteiger partial charge in [-0.1, -0.05) is 18.2 Å². The molecule has 1 fully saturated rings. The Morgan fingerprint density at radius 3 is 2.88 bits per heavy atom. The first-order valence-corrected chi connectivity index (χ1v) is 9.44. The Labute approximate surface area is 145 Å². The summed E-state index contributed by atoms with van der Waals surface area (Å²) in [6.45, 7) is 4.56. The molecule has 1 N–H and O–H groups in total. The molecular formula is C17H21N5OS. The van der Waals surface area contributed by atoms with E-state index >= 15 is 0 Å². The maximum absolute atomic E-state index is 12.7. The molecule has 6 nitrogen and oxygen atoms in total. The molecule has 2 amide bonds. The van der Waals surface area contributed by atoms with Gasteiger partial charge in [-0.15, -0.1) is 0 Å². The van der Waals surface area contributed by atoms with Gasteiger partial charge in [-0.3, -0.25) is 9.80 Å². The molecule has 0 atom stereocenters. The van der Waals surface area contributed by atoms with E-state index in [9.17, 15) is 4.79 Å². The number of anilines is 2. The monoisotopic (exact) mass is 343 g/mol. The molecule has 24 heavy (non-hydrogen) atoms. The van der Waals surface area contributed by atoms with Gasteiger partial charge in [0.2, 0.25) is 5.95 Å². The summed E-state index contributed by atoms with van der Waals surface area (Å²) in [6, 6.07) is 7.97. The van der Waals surface area contributed by atoms with E-state index in [1.54, 1.807) is 11.1 Å². The van der Waals surface area contributed by atoms with Crippen molar-refractivity contribution in [3.8, 4) is 0 Å². The van der Waals surface area contributed by atoms with E-state index in [2.05, 4.69) is 21.3 Å². The normalized spacial score (nSPS) is 17.8. The number of thioether (sulfide) groups is 1. The fourth-order valence-electron chi connectivity index (χ4n) is 3.18.